The van der Waals surface area contributed by atoms with E-state index >= 15 is 0 Å². The molecule has 2 aliphatic heterocycles. The highest BCUT2D eigenvalue weighted by molar-refractivity contribution is 5.87. The van der Waals surface area contributed by atoms with E-state index in [2.05, 4.69) is 4.90 Å². The normalized spacial score (nSPS) is 32.3. The van der Waals surface area contributed by atoms with Crippen LogP contribution < -0.4 is 0 Å². The number of fused-ring (bicyclic) bond motifs is 1. The van der Waals surface area contributed by atoms with Crippen LogP contribution in [0, 0.1) is 0 Å². The van der Waals surface area contributed by atoms with Crippen LogP contribution in [-0.2, 0) is 16.0 Å². The van der Waals surface area contributed by atoms with E-state index in [1.165, 1.54) is 0 Å². The summed E-state index contributed by atoms with van der Waals surface area (Å²) in [6.45, 7) is 2.08. The number of carbonyl (C=O) groups is 1. The van der Waals surface area contributed by atoms with Crippen LogP contribution in [0.15, 0.2) is 34.9 Å². The van der Waals surface area contributed by atoms with Gasteiger partial charge in [-0.2, -0.15) is 0 Å². The molecule has 2 saturated heterocycles. The Kier molecular flexibility index (Phi) is 5.31. The van der Waals surface area contributed by atoms with Gasteiger partial charge in [-0.05, 0) is 56.2 Å². The number of hydrogen-bond donors (Lipinski definition) is 0. The molecule has 30 heavy (non-hydrogen) atoms. The fraction of sp³-hybridized carbons (Fsp3) is 0.625. The first-order valence-corrected chi connectivity index (χ1v) is 11.3. The second-order valence-electron chi connectivity index (χ2n) is 9.32. The molecule has 162 valence electrons. The Labute approximate surface area is 177 Å². The molecule has 6 heteroatoms. The molecule has 3 aliphatic rings. The number of likely N-dealkylation sites (tertiary alicyclic amines) is 1. The van der Waals surface area contributed by atoms with Gasteiger partial charge in [0.25, 0.3) is 0 Å². The van der Waals surface area contributed by atoms with E-state index in [0.717, 1.165) is 61.8 Å². The second kappa shape index (κ2) is 7.97. The summed E-state index contributed by atoms with van der Waals surface area (Å²) >= 11 is 0. The van der Waals surface area contributed by atoms with E-state index in [1.54, 1.807) is 6.26 Å². The Morgan fingerprint density at radius 2 is 2.20 bits per heavy atom. The minimum atomic E-state index is -0.757. The maximum absolute atomic E-state index is 14.0. The van der Waals surface area contributed by atoms with Crippen molar-refractivity contribution in [3.05, 3.63) is 36.1 Å². The number of furan rings is 1. The summed E-state index contributed by atoms with van der Waals surface area (Å²) in [5.41, 5.74) is 1.73. The van der Waals surface area contributed by atoms with E-state index < -0.39 is 6.17 Å². The molecule has 1 aromatic heterocycles. The van der Waals surface area contributed by atoms with Crippen LogP contribution in [0.5, 0.6) is 0 Å². The summed E-state index contributed by atoms with van der Waals surface area (Å²) in [6.07, 6.45) is 6.84. The van der Waals surface area contributed by atoms with Gasteiger partial charge >= 0.3 is 0 Å². The predicted molar refractivity (Wildman–Crippen MR) is 113 cm³/mol. The number of alkyl halides is 1. The molecule has 3 fully saturated rings. The van der Waals surface area contributed by atoms with Crippen molar-refractivity contribution >= 4 is 16.9 Å². The van der Waals surface area contributed by atoms with Crippen molar-refractivity contribution in [3.8, 4) is 0 Å². The van der Waals surface area contributed by atoms with Gasteiger partial charge in [0.05, 0.1) is 18.3 Å². The topological polar surface area (TPSA) is 45.9 Å². The Morgan fingerprint density at radius 1 is 1.30 bits per heavy atom. The van der Waals surface area contributed by atoms with Crippen LogP contribution in [0.1, 0.15) is 44.1 Å². The molecule has 0 unspecified atom stereocenters. The highest BCUT2D eigenvalue weighted by Crippen LogP contribution is 2.43. The van der Waals surface area contributed by atoms with E-state index in [-0.39, 0.29) is 23.6 Å². The van der Waals surface area contributed by atoms with Crippen LogP contribution >= 0.6 is 0 Å². The minimum absolute atomic E-state index is 0.0676. The lowest BCUT2D eigenvalue weighted by atomic mass is 9.76. The Balaban J connectivity index is 1.35. The molecule has 1 amide bonds. The van der Waals surface area contributed by atoms with Crippen molar-refractivity contribution in [2.24, 2.45) is 0 Å². The smallest absolute Gasteiger partial charge is 0.227 e. The molecule has 1 saturated carbocycles. The zero-order chi connectivity index (χ0) is 20.7. The largest absolute Gasteiger partial charge is 0.464 e. The highest BCUT2D eigenvalue weighted by Gasteiger charge is 2.48. The summed E-state index contributed by atoms with van der Waals surface area (Å²) in [7, 11) is 1.92. The number of nitrogens with zero attached hydrogens (tertiary/aromatic N) is 2. The van der Waals surface area contributed by atoms with Gasteiger partial charge in [0.1, 0.15) is 11.8 Å². The van der Waals surface area contributed by atoms with Gasteiger partial charge in [-0.15, -0.1) is 0 Å². The van der Waals surface area contributed by atoms with Gasteiger partial charge in [0.15, 0.2) is 0 Å². The maximum Gasteiger partial charge on any atom is 0.227 e. The predicted octanol–water partition coefficient (Wildman–Crippen LogP) is 3.95. The third-order valence-electron chi connectivity index (χ3n) is 7.56. The third-order valence-corrected chi connectivity index (χ3v) is 7.56. The number of hydrogen-bond acceptors (Lipinski definition) is 4. The van der Waals surface area contributed by atoms with Crippen LogP contribution in [0.4, 0.5) is 4.39 Å². The zero-order valence-corrected chi connectivity index (χ0v) is 17.7. The van der Waals surface area contributed by atoms with Crippen molar-refractivity contribution in [2.45, 2.75) is 68.8 Å². The standard InChI is InChI=1S/C24H31FN2O3/c1-26(23(28)14-17-4-2-5-22-19(17)8-13-29-22)20-6-10-24(9-3-12-30-24)15-21(20)27-11-7-18(25)16-27/h2,4-5,8,13,18,20-21H,3,6-7,9-12,14-16H2,1H3/t18-,20-,21+,24+/m0/s1. The number of amides is 1. The first-order chi connectivity index (χ1) is 14.5. The van der Waals surface area contributed by atoms with E-state index in [1.807, 2.05) is 36.2 Å². The quantitative estimate of drug-likeness (QED) is 0.760. The van der Waals surface area contributed by atoms with E-state index in [9.17, 15) is 9.18 Å². The fourth-order valence-corrected chi connectivity index (χ4v) is 5.89. The summed E-state index contributed by atoms with van der Waals surface area (Å²) in [4.78, 5) is 17.5. The maximum atomic E-state index is 14.0. The van der Waals surface area contributed by atoms with Crippen LogP contribution in [0.3, 0.4) is 0 Å². The molecule has 2 aromatic rings. The molecule has 1 aromatic carbocycles. The molecule has 4 atom stereocenters. The van der Waals surface area contributed by atoms with Crippen molar-refractivity contribution < 1.29 is 18.3 Å². The average molecular weight is 415 g/mol. The number of halogens is 1. The summed E-state index contributed by atoms with van der Waals surface area (Å²) in [6, 6.07) is 8.04. The number of rotatable bonds is 4. The Bertz CT molecular complexity index is 907. The third kappa shape index (κ3) is 3.65. The lowest BCUT2D eigenvalue weighted by molar-refractivity contribution is -0.136. The molecule has 5 nitrogen and oxygen atoms in total. The van der Waals surface area contributed by atoms with Gasteiger partial charge in [0.2, 0.25) is 5.91 Å². The molecule has 0 bridgehead atoms. The van der Waals surface area contributed by atoms with Crippen molar-refractivity contribution in [3.63, 3.8) is 0 Å². The Morgan fingerprint density at radius 3 is 2.97 bits per heavy atom. The summed E-state index contributed by atoms with van der Waals surface area (Å²) in [5, 5.41) is 0.998. The molecule has 0 radical (unpaired) electrons. The number of benzene rings is 1. The van der Waals surface area contributed by atoms with Crippen molar-refractivity contribution in [1.82, 2.24) is 9.80 Å². The van der Waals surface area contributed by atoms with Crippen LogP contribution in [-0.4, -0.2) is 66.3 Å². The van der Waals surface area contributed by atoms with Crippen LogP contribution in [0.25, 0.3) is 11.0 Å². The lowest BCUT2D eigenvalue weighted by Crippen LogP contribution is -2.58. The van der Waals surface area contributed by atoms with E-state index in [4.69, 9.17) is 9.15 Å². The highest BCUT2D eigenvalue weighted by atomic mass is 19.1. The van der Waals surface area contributed by atoms with Crippen molar-refractivity contribution in [2.75, 3.05) is 26.7 Å². The second-order valence-corrected chi connectivity index (χ2v) is 9.32. The fourth-order valence-electron chi connectivity index (χ4n) is 5.89. The molecule has 5 rings (SSSR count). The van der Waals surface area contributed by atoms with Gasteiger partial charge in [0, 0.05) is 44.2 Å². The van der Waals surface area contributed by atoms with Gasteiger partial charge in [-0.25, -0.2) is 4.39 Å². The molecule has 1 aliphatic carbocycles. The first-order valence-electron chi connectivity index (χ1n) is 11.3. The molecular formula is C24H31FN2O3. The van der Waals surface area contributed by atoms with Gasteiger partial charge in [-0.3, -0.25) is 9.69 Å². The lowest BCUT2D eigenvalue weighted by Gasteiger charge is -2.48. The molecule has 3 heterocycles. The van der Waals surface area contributed by atoms with Gasteiger partial charge < -0.3 is 14.1 Å². The minimum Gasteiger partial charge on any atom is -0.464 e. The number of ether oxygens (including phenoxy) is 1. The zero-order valence-electron chi connectivity index (χ0n) is 17.7. The Hall–Kier alpha value is -1.92. The first kappa shape index (κ1) is 20.0. The monoisotopic (exact) mass is 414 g/mol. The summed E-state index contributed by atoms with van der Waals surface area (Å²) < 4.78 is 25.7. The molecule has 0 N–H and O–H groups in total. The van der Waals surface area contributed by atoms with Crippen LogP contribution in [0.2, 0.25) is 0 Å². The molecular weight excluding hydrogens is 383 g/mol. The van der Waals surface area contributed by atoms with Gasteiger partial charge in [-0.1, -0.05) is 12.1 Å². The van der Waals surface area contributed by atoms with E-state index in [0.29, 0.717) is 19.4 Å². The number of carbonyl (C=O) groups excluding carboxylic acids is 1. The molecule has 1 spiro atoms. The number of likely N-dealkylation sites (N-methyl/N-ethyl adjacent to an activating group) is 1. The SMILES string of the molecule is CN(C(=O)Cc1cccc2occc12)[C@H]1CC[C@]2(CCCO2)C[C@H]1N1CC[C@H](F)C1. The summed E-state index contributed by atoms with van der Waals surface area (Å²) in [5.74, 6) is 0.109. The average Bonchev–Trinajstić information content (AvgIpc) is 3.49. The van der Waals surface area contributed by atoms with Crippen molar-refractivity contribution in [1.29, 1.82) is 0 Å².